The van der Waals surface area contributed by atoms with Gasteiger partial charge in [-0.2, -0.15) is 0 Å². The molecule has 0 fully saturated rings. The fourth-order valence-corrected chi connectivity index (χ4v) is 3.45. The van der Waals surface area contributed by atoms with Gasteiger partial charge in [0.15, 0.2) is 0 Å². The van der Waals surface area contributed by atoms with E-state index in [0.717, 1.165) is 21.1 Å². The van der Waals surface area contributed by atoms with E-state index in [2.05, 4.69) is 26.6 Å². The number of sulfonamides is 1. The van der Waals surface area contributed by atoms with E-state index in [9.17, 15) is 22.8 Å². The van der Waals surface area contributed by atoms with Crippen molar-refractivity contribution in [2.45, 2.75) is 11.4 Å². The smallest absolute Gasteiger partial charge is 0.251 e. The van der Waals surface area contributed by atoms with Crippen molar-refractivity contribution >= 4 is 43.5 Å². The molecule has 0 aliphatic carbocycles. The number of aromatic nitrogens is 1. The summed E-state index contributed by atoms with van der Waals surface area (Å²) in [4.78, 5) is 35.8. The Kier molecular flexibility index (Phi) is 7.11. The molecular formula is C17H19BrN4O5S. The molecule has 0 saturated carbocycles. The summed E-state index contributed by atoms with van der Waals surface area (Å²) in [5.41, 5.74) is 0.0186. The summed E-state index contributed by atoms with van der Waals surface area (Å²) in [5.74, 6) is -1.06. The van der Waals surface area contributed by atoms with Crippen LogP contribution in [0.25, 0.3) is 0 Å². The number of rotatable bonds is 7. The number of anilines is 1. The van der Waals surface area contributed by atoms with Crippen LogP contribution >= 0.6 is 15.9 Å². The Bertz CT molecular complexity index is 1050. The molecule has 9 nitrogen and oxygen atoms in total. The van der Waals surface area contributed by atoms with Gasteiger partial charge in [-0.15, -0.1) is 0 Å². The number of amides is 2. The molecule has 11 heteroatoms. The maximum Gasteiger partial charge on any atom is 0.251 e. The summed E-state index contributed by atoms with van der Waals surface area (Å²) in [6.45, 7) is -0.720. The van der Waals surface area contributed by atoms with Crippen LogP contribution in [0.2, 0.25) is 0 Å². The molecule has 1 aromatic heterocycles. The van der Waals surface area contributed by atoms with Crippen molar-refractivity contribution in [3.8, 4) is 0 Å². The predicted molar refractivity (Wildman–Crippen MR) is 107 cm³/mol. The standard InChI is InChI=1S/C17H19BrN4O5S/c1-21(2)28(26,27)12-7-8-17(25)22(10-12)11-16(24)19-9-15(23)20-14-6-4-3-5-13(14)18/h3-8,10H,9,11H2,1-2H3,(H,19,24)(H,20,23). The molecule has 1 aromatic carbocycles. The zero-order chi connectivity index (χ0) is 20.9. The summed E-state index contributed by atoms with van der Waals surface area (Å²) in [6, 6.07) is 9.25. The van der Waals surface area contributed by atoms with Gasteiger partial charge in [-0.25, -0.2) is 12.7 Å². The fourth-order valence-electron chi connectivity index (χ4n) is 2.14. The van der Waals surface area contributed by atoms with E-state index < -0.39 is 33.9 Å². The number of carbonyl (C=O) groups excluding carboxylic acids is 2. The van der Waals surface area contributed by atoms with Crippen molar-refractivity contribution < 1.29 is 18.0 Å². The first-order valence-electron chi connectivity index (χ1n) is 8.05. The molecule has 2 aromatic rings. The van der Waals surface area contributed by atoms with Crippen LogP contribution in [0.1, 0.15) is 0 Å². The Morgan fingerprint density at radius 2 is 1.79 bits per heavy atom. The molecule has 1 heterocycles. The van der Waals surface area contributed by atoms with Crippen LogP contribution in [-0.4, -0.2) is 49.7 Å². The molecule has 0 radical (unpaired) electrons. The van der Waals surface area contributed by atoms with Crippen molar-refractivity contribution in [1.29, 1.82) is 0 Å². The maximum atomic E-state index is 12.2. The number of halogens is 1. The molecule has 0 atom stereocenters. The Balaban J connectivity index is 2.00. The van der Waals surface area contributed by atoms with Gasteiger partial charge in [-0.05, 0) is 34.1 Å². The molecule has 0 aliphatic rings. The lowest BCUT2D eigenvalue weighted by Crippen LogP contribution is -2.37. The van der Waals surface area contributed by atoms with Crippen LogP contribution in [0.4, 0.5) is 5.69 Å². The molecular weight excluding hydrogens is 452 g/mol. The monoisotopic (exact) mass is 470 g/mol. The Morgan fingerprint density at radius 3 is 2.43 bits per heavy atom. The lowest BCUT2D eigenvalue weighted by Gasteiger charge is -2.13. The first-order chi connectivity index (χ1) is 13.1. The van der Waals surface area contributed by atoms with E-state index in [-0.39, 0.29) is 11.4 Å². The summed E-state index contributed by atoms with van der Waals surface area (Å²) in [6.07, 6.45) is 1.10. The summed E-state index contributed by atoms with van der Waals surface area (Å²) in [7, 11) is -1.02. The molecule has 0 saturated heterocycles. The summed E-state index contributed by atoms with van der Waals surface area (Å²) >= 11 is 3.30. The number of para-hydroxylation sites is 1. The largest absolute Gasteiger partial charge is 0.345 e. The quantitative estimate of drug-likeness (QED) is 0.614. The third-order valence-corrected chi connectivity index (χ3v) is 6.13. The van der Waals surface area contributed by atoms with Gasteiger partial charge in [-0.3, -0.25) is 14.4 Å². The van der Waals surface area contributed by atoms with Crippen LogP contribution in [0.5, 0.6) is 0 Å². The number of benzene rings is 1. The molecule has 150 valence electrons. The SMILES string of the molecule is CN(C)S(=O)(=O)c1ccc(=O)n(CC(=O)NCC(=O)Nc2ccccc2Br)c1. The molecule has 2 amide bonds. The lowest BCUT2D eigenvalue weighted by molar-refractivity contribution is -0.124. The van der Waals surface area contributed by atoms with Crippen molar-refractivity contribution in [1.82, 2.24) is 14.2 Å². The van der Waals surface area contributed by atoms with Gasteiger partial charge in [0.2, 0.25) is 21.8 Å². The van der Waals surface area contributed by atoms with E-state index in [0.29, 0.717) is 10.2 Å². The summed E-state index contributed by atoms with van der Waals surface area (Å²) < 4.78 is 27.0. The molecule has 2 N–H and O–H groups in total. The first kappa shape index (κ1) is 21.8. The van der Waals surface area contributed by atoms with Crippen molar-refractivity contribution in [2.75, 3.05) is 26.0 Å². The van der Waals surface area contributed by atoms with Crippen molar-refractivity contribution in [3.63, 3.8) is 0 Å². The Morgan fingerprint density at radius 1 is 1.11 bits per heavy atom. The average molecular weight is 471 g/mol. The zero-order valence-corrected chi connectivity index (χ0v) is 17.6. The second-order valence-corrected chi connectivity index (χ2v) is 8.93. The first-order valence-corrected chi connectivity index (χ1v) is 10.3. The zero-order valence-electron chi connectivity index (χ0n) is 15.2. The van der Waals surface area contributed by atoms with Gasteiger partial charge in [0.05, 0.1) is 17.1 Å². The molecule has 0 aliphatic heterocycles. The molecule has 2 rings (SSSR count). The van der Waals surface area contributed by atoms with Gasteiger partial charge < -0.3 is 15.2 Å². The van der Waals surface area contributed by atoms with E-state index in [1.54, 1.807) is 24.3 Å². The number of pyridine rings is 1. The van der Waals surface area contributed by atoms with Crippen molar-refractivity contribution in [2.24, 2.45) is 0 Å². The Labute approximate surface area is 170 Å². The normalized spacial score (nSPS) is 11.3. The van der Waals surface area contributed by atoms with Crippen LogP contribution in [0.3, 0.4) is 0 Å². The minimum Gasteiger partial charge on any atom is -0.345 e. The second kappa shape index (κ2) is 9.13. The van der Waals surface area contributed by atoms with Crippen LogP contribution in [0.15, 0.2) is 56.8 Å². The number of carbonyl (C=O) groups is 2. The highest BCUT2D eigenvalue weighted by Gasteiger charge is 2.18. The van der Waals surface area contributed by atoms with Crippen LogP contribution in [0, 0.1) is 0 Å². The van der Waals surface area contributed by atoms with E-state index in [1.165, 1.54) is 20.2 Å². The fraction of sp³-hybridized carbons (Fsp3) is 0.235. The van der Waals surface area contributed by atoms with Gasteiger partial charge in [-0.1, -0.05) is 12.1 Å². The van der Waals surface area contributed by atoms with Crippen LogP contribution < -0.4 is 16.2 Å². The minimum atomic E-state index is -3.74. The molecule has 0 spiro atoms. The Hall–Kier alpha value is -2.50. The van der Waals surface area contributed by atoms with Gasteiger partial charge in [0, 0.05) is 30.8 Å². The number of nitrogens with zero attached hydrogens (tertiary/aromatic N) is 2. The molecule has 0 bridgehead atoms. The number of hydrogen-bond donors (Lipinski definition) is 2. The third-order valence-electron chi connectivity index (χ3n) is 3.64. The third kappa shape index (κ3) is 5.50. The highest BCUT2D eigenvalue weighted by Crippen LogP contribution is 2.20. The summed E-state index contributed by atoms with van der Waals surface area (Å²) in [5, 5.41) is 5.02. The highest BCUT2D eigenvalue weighted by atomic mass is 79.9. The number of hydrogen-bond acceptors (Lipinski definition) is 5. The van der Waals surface area contributed by atoms with Gasteiger partial charge >= 0.3 is 0 Å². The average Bonchev–Trinajstić information content (AvgIpc) is 2.63. The van der Waals surface area contributed by atoms with E-state index >= 15 is 0 Å². The number of nitrogens with one attached hydrogen (secondary N) is 2. The maximum absolute atomic E-state index is 12.2. The molecule has 0 unspecified atom stereocenters. The van der Waals surface area contributed by atoms with Gasteiger partial charge in [0.25, 0.3) is 5.56 Å². The van der Waals surface area contributed by atoms with E-state index in [4.69, 9.17) is 0 Å². The van der Waals surface area contributed by atoms with Crippen molar-refractivity contribution in [3.05, 3.63) is 57.4 Å². The minimum absolute atomic E-state index is 0.114. The van der Waals surface area contributed by atoms with Crippen LogP contribution in [-0.2, 0) is 26.2 Å². The lowest BCUT2D eigenvalue weighted by atomic mass is 10.3. The topological polar surface area (TPSA) is 118 Å². The highest BCUT2D eigenvalue weighted by molar-refractivity contribution is 9.10. The molecule has 28 heavy (non-hydrogen) atoms. The van der Waals surface area contributed by atoms with E-state index in [1.807, 2.05) is 0 Å². The second-order valence-electron chi connectivity index (χ2n) is 5.92. The van der Waals surface area contributed by atoms with Gasteiger partial charge in [0.1, 0.15) is 6.54 Å². The predicted octanol–water partition coefficient (Wildman–Crippen LogP) is 0.616.